The number of carbonyl (C=O) groups excluding carboxylic acids is 1. The minimum absolute atomic E-state index is 0.142. The van der Waals surface area contributed by atoms with Gasteiger partial charge in [0, 0.05) is 35.2 Å². The molecule has 31 heavy (non-hydrogen) atoms. The van der Waals surface area contributed by atoms with Crippen molar-refractivity contribution in [3.63, 3.8) is 0 Å². The van der Waals surface area contributed by atoms with Gasteiger partial charge in [-0.15, -0.1) is 5.10 Å². The molecule has 0 saturated heterocycles. The second kappa shape index (κ2) is 9.44. The number of anilines is 1. The van der Waals surface area contributed by atoms with Gasteiger partial charge in [-0.2, -0.15) is 0 Å². The van der Waals surface area contributed by atoms with Crippen molar-refractivity contribution in [2.24, 2.45) is 10.1 Å². The predicted molar refractivity (Wildman–Crippen MR) is 131 cm³/mol. The van der Waals surface area contributed by atoms with Gasteiger partial charge in [-0.3, -0.25) is 15.1 Å². The lowest BCUT2D eigenvalue weighted by Gasteiger charge is -2.34. The van der Waals surface area contributed by atoms with Crippen LogP contribution < -0.4 is 20.8 Å². The summed E-state index contributed by atoms with van der Waals surface area (Å²) in [6, 6.07) is 14.1. The maximum absolute atomic E-state index is 13.2. The Kier molecular flexibility index (Phi) is 6.67. The second-order valence-electron chi connectivity index (χ2n) is 7.76. The van der Waals surface area contributed by atoms with E-state index in [1.54, 1.807) is 16.8 Å². The molecule has 2 heterocycles. The molecule has 162 valence electrons. The summed E-state index contributed by atoms with van der Waals surface area (Å²) in [7, 11) is 4.03. The number of amides is 1. The first kappa shape index (κ1) is 21.9. The number of nitrogens with zero attached hydrogens (tertiary/aromatic N) is 4. The number of thioether (sulfide) groups is 1. The summed E-state index contributed by atoms with van der Waals surface area (Å²) < 4.78 is 0.902. The summed E-state index contributed by atoms with van der Waals surface area (Å²) in [4.78, 5) is 20.2. The van der Waals surface area contributed by atoms with Gasteiger partial charge in [0.1, 0.15) is 5.70 Å². The predicted octanol–water partition coefficient (Wildman–Crippen LogP) is 3.58. The van der Waals surface area contributed by atoms with Gasteiger partial charge in [-0.05, 0) is 42.3 Å². The molecule has 2 aromatic carbocycles. The van der Waals surface area contributed by atoms with Crippen molar-refractivity contribution >= 4 is 50.2 Å². The fourth-order valence-electron chi connectivity index (χ4n) is 3.60. The number of benzene rings is 2. The highest BCUT2D eigenvalue weighted by atomic mass is 79.9. The molecule has 1 atom stereocenters. The Morgan fingerprint density at radius 2 is 1.94 bits per heavy atom. The van der Waals surface area contributed by atoms with Gasteiger partial charge in [0.05, 0.1) is 5.36 Å². The molecule has 1 N–H and O–H groups in total. The standard InChI is InChI=1S/C23H26BrN5OS/c1-4-5-6-13-31-23-26-22(30)20-18-14-16(24)9-12-19(18)25-21(29(20)27-23)15-7-10-17(11-8-15)28(2)3/h7-12,14,21H,4-6,13H2,1-3H3,(H,26,27,30). The summed E-state index contributed by atoms with van der Waals surface area (Å²) in [6.45, 7) is 2.18. The van der Waals surface area contributed by atoms with E-state index in [0.29, 0.717) is 10.9 Å². The molecule has 8 heteroatoms. The summed E-state index contributed by atoms with van der Waals surface area (Å²) in [5.41, 5.74) is 2.64. The first-order valence-electron chi connectivity index (χ1n) is 10.4. The van der Waals surface area contributed by atoms with Crippen LogP contribution in [0.1, 0.15) is 37.9 Å². The van der Waals surface area contributed by atoms with Crippen LogP contribution in [0.5, 0.6) is 0 Å². The number of fused-ring (bicyclic) bond motifs is 2. The molecule has 2 aliphatic heterocycles. The van der Waals surface area contributed by atoms with E-state index in [4.69, 9.17) is 10.1 Å². The average molecular weight is 500 g/mol. The highest BCUT2D eigenvalue weighted by molar-refractivity contribution is 9.10. The van der Waals surface area contributed by atoms with Crippen molar-refractivity contribution < 1.29 is 4.79 Å². The number of halogens is 1. The van der Waals surface area contributed by atoms with Crippen LogP contribution in [-0.4, -0.2) is 35.9 Å². The van der Waals surface area contributed by atoms with Gasteiger partial charge in [0.15, 0.2) is 11.3 Å². The topological polar surface area (TPSA) is 60.3 Å². The molecule has 0 bridgehead atoms. The van der Waals surface area contributed by atoms with Crippen molar-refractivity contribution in [2.45, 2.75) is 32.4 Å². The van der Waals surface area contributed by atoms with E-state index in [-0.39, 0.29) is 5.91 Å². The van der Waals surface area contributed by atoms with E-state index in [1.165, 1.54) is 12.8 Å². The zero-order valence-corrected chi connectivity index (χ0v) is 20.3. The Hall–Kier alpha value is -2.32. The van der Waals surface area contributed by atoms with Gasteiger partial charge >= 0.3 is 0 Å². The highest BCUT2D eigenvalue weighted by Crippen LogP contribution is 2.31. The lowest BCUT2D eigenvalue weighted by molar-refractivity contribution is -0.116. The number of hydrogen-bond donors (Lipinski definition) is 1. The first-order valence-corrected chi connectivity index (χ1v) is 12.2. The van der Waals surface area contributed by atoms with Crippen molar-refractivity contribution in [3.8, 4) is 0 Å². The van der Waals surface area contributed by atoms with E-state index < -0.39 is 6.17 Å². The Labute approximate surface area is 195 Å². The van der Waals surface area contributed by atoms with Crippen LogP contribution in [-0.2, 0) is 4.79 Å². The van der Waals surface area contributed by atoms with E-state index in [9.17, 15) is 4.79 Å². The van der Waals surface area contributed by atoms with Gasteiger partial charge < -0.3 is 4.90 Å². The molecule has 0 aliphatic carbocycles. The fourth-order valence-corrected chi connectivity index (χ4v) is 4.81. The van der Waals surface area contributed by atoms with Crippen molar-refractivity contribution in [2.75, 3.05) is 24.7 Å². The van der Waals surface area contributed by atoms with Gasteiger partial charge in [0.2, 0.25) is 0 Å². The van der Waals surface area contributed by atoms with Crippen LogP contribution in [0.3, 0.4) is 0 Å². The molecule has 0 aromatic heterocycles. The van der Waals surface area contributed by atoms with Gasteiger partial charge in [-0.25, -0.2) is 5.01 Å². The molecular weight excluding hydrogens is 474 g/mol. The highest BCUT2D eigenvalue weighted by Gasteiger charge is 2.34. The monoisotopic (exact) mass is 499 g/mol. The smallest absolute Gasteiger partial charge is 0.276 e. The zero-order valence-electron chi connectivity index (χ0n) is 17.9. The normalized spacial score (nSPS) is 17.4. The number of unbranched alkanes of at least 4 members (excludes halogenated alkanes) is 2. The number of carbonyl (C=O) groups is 1. The summed E-state index contributed by atoms with van der Waals surface area (Å²) in [5, 5.41) is 11.8. The molecule has 0 spiro atoms. The van der Waals surface area contributed by atoms with Crippen molar-refractivity contribution in [1.29, 1.82) is 0 Å². The van der Waals surface area contributed by atoms with Crippen LogP contribution in [0.15, 0.2) is 57.0 Å². The quantitative estimate of drug-likeness (QED) is 0.617. The summed E-state index contributed by atoms with van der Waals surface area (Å²) in [5.74, 6) is 0.787. The van der Waals surface area contributed by atoms with Crippen LogP contribution in [0.4, 0.5) is 5.69 Å². The zero-order chi connectivity index (χ0) is 22.0. The van der Waals surface area contributed by atoms with E-state index >= 15 is 0 Å². The molecule has 0 fully saturated rings. The lowest BCUT2D eigenvalue weighted by Crippen LogP contribution is -2.50. The van der Waals surface area contributed by atoms with Crippen LogP contribution in [0.25, 0.3) is 5.70 Å². The molecule has 1 unspecified atom stereocenters. The number of hydrogen-bond acceptors (Lipinski definition) is 6. The summed E-state index contributed by atoms with van der Waals surface area (Å²) in [6.07, 6.45) is 3.05. The largest absolute Gasteiger partial charge is 0.378 e. The number of nitrogens with one attached hydrogen (secondary N) is 1. The first-order chi connectivity index (χ1) is 15.0. The van der Waals surface area contributed by atoms with Crippen molar-refractivity contribution in [1.82, 2.24) is 10.3 Å². The number of amidine groups is 1. The van der Waals surface area contributed by atoms with Crippen molar-refractivity contribution in [3.05, 3.63) is 63.1 Å². The maximum atomic E-state index is 13.2. The third-order valence-corrected chi connectivity index (χ3v) is 6.71. The number of rotatable bonds is 6. The molecule has 1 amide bonds. The van der Waals surface area contributed by atoms with Gasteiger partial charge in [0.25, 0.3) is 5.91 Å². The van der Waals surface area contributed by atoms with E-state index in [0.717, 1.165) is 38.5 Å². The SMILES string of the molecule is CCCCCSC1=NN2C(=c3cc(Br)ccc3=NC2c2ccc(N(C)C)cc2)C(=O)N1. The minimum atomic E-state index is -0.392. The number of hydrazone groups is 1. The Balaban J connectivity index is 1.78. The molecule has 2 aliphatic rings. The Morgan fingerprint density at radius 1 is 1.16 bits per heavy atom. The molecule has 0 saturated carbocycles. The Morgan fingerprint density at radius 3 is 2.65 bits per heavy atom. The molecule has 2 aromatic rings. The minimum Gasteiger partial charge on any atom is -0.378 e. The molecular formula is C23H26BrN5OS. The van der Waals surface area contributed by atoms with Gasteiger partial charge in [-0.1, -0.05) is 59.6 Å². The van der Waals surface area contributed by atoms with Crippen LogP contribution >= 0.6 is 27.7 Å². The molecule has 0 radical (unpaired) electrons. The molecule has 6 nitrogen and oxygen atoms in total. The third-order valence-electron chi connectivity index (χ3n) is 5.26. The fraction of sp³-hybridized carbons (Fsp3) is 0.348. The average Bonchev–Trinajstić information content (AvgIpc) is 2.76. The summed E-state index contributed by atoms with van der Waals surface area (Å²) >= 11 is 5.11. The van der Waals surface area contributed by atoms with E-state index in [2.05, 4.69) is 57.3 Å². The molecule has 4 rings (SSSR count). The third kappa shape index (κ3) is 4.65. The van der Waals surface area contributed by atoms with Crippen LogP contribution in [0.2, 0.25) is 0 Å². The second-order valence-corrected chi connectivity index (χ2v) is 9.76. The Bertz CT molecular complexity index is 1130. The lowest BCUT2D eigenvalue weighted by atomic mass is 10.1. The maximum Gasteiger partial charge on any atom is 0.276 e. The van der Waals surface area contributed by atoms with Crippen LogP contribution in [0, 0.1) is 0 Å². The van der Waals surface area contributed by atoms with E-state index in [1.807, 2.05) is 32.3 Å².